The normalized spacial score (nSPS) is 12.8. The van der Waals surface area contributed by atoms with E-state index in [-0.39, 0.29) is 16.7 Å². The molecule has 0 spiro atoms. The minimum absolute atomic E-state index is 0.140. The molecule has 0 fully saturated rings. The van der Waals surface area contributed by atoms with Gasteiger partial charge in [-0.25, -0.2) is 8.42 Å². The lowest BCUT2D eigenvalue weighted by Crippen LogP contribution is -2.31. The number of amides is 1. The quantitative estimate of drug-likeness (QED) is 0.738. The van der Waals surface area contributed by atoms with Crippen LogP contribution in [0.3, 0.4) is 0 Å². The molecular weight excluding hydrogens is 360 g/mol. The summed E-state index contributed by atoms with van der Waals surface area (Å²) in [7, 11) is -3.59. The third-order valence-electron chi connectivity index (χ3n) is 4.71. The highest BCUT2D eigenvalue weighted by atomic mass is 32.2. The molecule has 6 heteroatoms. The highest BCUT2D eigenvalue weighted by Crippen LogP contribution is 2.26. The summed E-state index contributed by atoms with van der Waals surface area (Å²) < 4.78 is 27.2. The number of hydrogen-bond acceptors (Lipinski definition) is 3. The highest BCUT2D eigenvalue weighted by molar-refractivity contribution is 7.89. The third kappa shape index (κ3) is 4.76. The summed E-state index contributed by atoms with van der Waals surface area (Å²) in [6, 6.07) is 14.6. The van der Waals surface area contributed by atoms with Crippen LogP contribution in [-0.2, 0) is 14.8 Å². The number of anilines is 1. The van der Waals surface area contributed by atoms with Gasteiger partial charge in [-0.3, -0.25) is 4.79 Å². The highest BCUT2D eigenvalue weighted by Gasteiger charge is 2.25. The molecule has 0 radical (unpaired) electrons. The Morgan fingerprint density at radius 3 is 2.22 bits per heavy atom. The molecule has 0 unspecified atom stereocenters. The Hall–Kier alpha value is -2.18. The molecule has 27 heavy (non-hydrogen) atoms. The molecule has 0 aromatic heterocycles. The van der Waals surface area contributed by atoms with Gasteiger partial charge in [-0.1, -0.05) is 57.2 Å². The molecule has 0 aliphatic heterocycles. The fraction of sp³-hybridized carbons (Fsp3) is 0.381. The summed E-state index contributed by atoms with van der Waals surface area (Å²) in [5, 5.41) is 2.88. The van der Waals surface area contributed by atoms with Gasteiger partial charge in [-0.05, 0) is 36.6 Å². The van der Waals surface area contributed by atoms with Crippen LogP contribution >= 0.6 is 0 Å². The van der Waals surface area contributed by atoms with Gasteiger partial charge in [-0.15, -0.1) is 0 Å². The smallest absolute Gasteiger partial charge is 0.243 e. The van der Waals surface area contributed by atoms with Crippen molar-refractivity contribution in [3.8, 4) is 0 Å². The zero-order valence-corrected chi connectivity index (χ0v) is 17.2. The minimum Gasteiger partial charge on any atom is -0.326 e. The largest absolute Gasteiger partial charge is 0.326 e. The van der Waals surface area contributed by atoms with Gasteiger partial charge in [0.15, 0.2) is 0 Å². The zero-order chi connectivity index (χ0) is 20.0. The second kappa shape index (κ2) is 9.15. The van der Waals surface area contributed by atoms with Gasteiger partial charge in [0.1, 0.15) is 0 Å². The molecule has 1 atom stereocenters. The maximum Gasteiger partial charge on any atom is 0.243 e. The van der Waals surface area contributed by atoms with Gasteiger partial charge in [-0.2, -0.15) is 4.31 Å². The van der Waals surface area contributed by atoms with Crippen molar-refractivity contribution in [2.45, 2.75) is 44.9 Å². The Morgan fingerprint density at radius 2 is 1.67 bits per heavy atom. The lowest BCUT2D eigenvalue weighted by molar-refractivity contribution is -0.117. The number of carbonyl (C=O) groups is 1. The van der Waals surface area contributed by atoms with Crippen molar-refractivity contribution in [1.82, 2.24) is 4.31 Å². The number of sulfonamides is 1. The molecule has 0 aliphatic rings. The Balaban J connectivity index is 2.31. The van der Waals surface area contributed by atoms with Gasteiger partial charge in [0.05, 0.1) is 10.8 Å². The van der Waals surface area contributed by atoms with Crippen LogP contribution < -0.4 is 5.32 Å². The molecule has 146 valence electrons. The molecule has 1 amide bonds. The lowest BCUT2D eigenvalue weighted by Gasteiger charge is -2.21. The summed E-state index contributed by atoms with van der Waals surface area (Å²) in [5.74, 6) is -0.422. The van der Waals surface area contributed by atoms with E-state index in [0.717, 1.165) is 5.56 Å². The maximum atomic E-state index is 12.9. The van der Waals surface area contributed by atoms with E-state index in [0.29, 0.717) is 30.8 Å². The van der Waals surface area contributed by atoms with Gasteiger partial charge in [0.2, 0.25) is 15.9 Å². The van der Waals surface area contributed by atoms with E-state index in [2.05, 4.69) is 5.32 Å². The zero-order valence-electron chi connectivity index (χ0n) is 16.4. The van der Waals surface area contributed by atoms with Gasteiger partial charge in [0, 0.05) is 18.8 Å². The van der Waals surface area contributed by atoms with Gasteiger partial charge in [0.25, 0.3) is 0 Å². The van der Waals surface area contributed by atoms with Crippen LogP contribution in [0.5, 0.6) is 0 Å². The van der Waals surface area contributed by atoms with Crippen LogP contribution in [0.1, 0.15) is 44.2 Å². The van der Waals surface area contributed by atoms with Crippen LogP contribution in [0.2, 0.25) is 0 Å². The van der Waals surface area contributed by atoms with Crippen LogP contribution in [0.25, 0.3) is 0 Å². The van der Waals surface area contributed by atoms with Crippen molar-refractivity contribution in [1.29, 1.82) is 0 Å². The minimum atomic E-state index is -3.59. The molecule has 5 nitrogen and oxygen atoms in total. The van der Waals surface area contributed by atoms with E-state index < -0.39 is 10.0 Å². The predicted molar refractivity (Wildman–Crippen MR) is 109 cm³/mol. The van der Waals surface area contributed by atoms with E-state index in [1.54, 1.807) is 25.1 Å². The molecule has 0 bridgehead atoms. The van der Waals surface area contributed by atoms with E-state index >= 15 is 0 Å². The summed E-state index contributed by atoms with van der Waals surface area (Å²) in [5.41, 5.74) is 2.10. The first-order valence-electron chi connectivity index (χ1n) is 9.31. The summed E-state index contributed by atoms with van der Waals surface area (Å²) in [6.45, 7) is 8.16. The standard InChI is InChI=1S/C21H28N2O3S/c1-5-19(17-11-9-8-10-12-17)21(24)22-18-14-13-16(4)20(15-18)27(25,26)23(6-2)7-3/h8-15,19H,5-7H2,1-4H3,(H,22,24)/t19-/m0/s1. The van der Waals surface area contributed by atoms with Crippen LogP contribution in [0.4, 0.5) is 5.69 Å². The maximum absolute atomic E-state index is 12.9. The average molecular weight is 389 g/mol. The third-order valence-corrected chi connectivity index (χ3v) is 6.90. The van der Waals surface area contributed by atoms with Crippen LogP contribution in [0, 0.1) is 6.92 Å². The van der Waals surface area contributed by atoms with Crippen molar-refractivity contribution >= 4 is 21.6 Å². The molecule has 0 saturated heterocycles. The van der Waals surface area contributed by atoms with Crippen LogP contribution in [-0.4, -0.2) is 31.7 Å². The Morgan fingerprint density at radius 1 is 1.04 bits per heavy atom. The number of aryl methyl sites for hydroxylation is 1. The predicted octanol–water partition coefficient (Wildman–Crippen LogP) is 4.16. The molecule has 0 saturated carbocycles. The monoisotopic (exact) mass is 388 g/mol. The first-order valence-corrected chi connectivity index (χ1v) is 10.8. The molecule has 2 rings (SSSR count). The first kappa shape index (κ1) is 21.1. The fourth-order valence-electron chi connectivity index (χ4n) is 3.15. The second-order valence-corrected chi connectivity index (χ2v) is 8.34. The molecule has 0 heterocycles. The van der Waals surface area contributed by atoms with E-state index in [1.807, 2.05) is 51.1 Å². The number of benzene rings is 2. The van der Waals surface area contributed by atoms with Crippen molar-refractivity contribution in [3.05, 3.63) is 59.7 Å². The van der Waals surface area contributed by atoms with E-state index in [4.69, 9.17) is 0 Å². The lowest BCUT2D eigenvalue weighted by atomic mass is 9.95. The van der Waals surface area contributed by atoms with E-state index in [1.165, 1.54) is 4.31 Å². The number of rotatable bonds is 8. The van der Waals surface area contributed by atoms with Gasteiger partial charge >= 0.3 is 0 Å². The summed E-state index contributed by atoms with van der Waals surface area (Å²) in [4.78, 5) is 13.0. The Bertz CT molecular complexity index is 876. The van der Waals surface area contributed by atoms with Crippen molar-refractivity contribution in [3.63, 3.8) is 0 Å². The van der Waals surface area contributed by atoms with Crippen molar-refractivity contribution in [2.75, 3.05) is 18.4 Å². The topological polar surface area (TPSA) is 66.5 Å². The number of carbonyl (C=O) groups excluding carboxylic acids is 1. The number of hydrogen-bond donors (Lipinski definition) is 1. The number of nitrogens with one attached hydrogen (secondary N) is 1. The first-order chi connectivity index (χ1) is 12.8. The van der Waals surface area contributed by atoms with Crippen molar-refractivity contribution < 1.29 is 13.2 Å². The summed E-state index contributed by atoms with van der Waals surface area (Å²) in [6.07, 6.45) is 0.659. The Labute approximate surface area is 162 Å². The molecule has 2 aromatic rings. The van der Waals surface area contributed by atoms with Crippen LogP contribution in [0.15, 0.2) is 53.4 Å². The molecule has 0 aliphatic carbocycles. The molecule has 1 N–H and O–H groups in total. The molecular formula is C21H28N2O3S. The Kier molecular flexibility index (Phi) is 7.16. The van der Waals surface area contributed by atoms with Gasteiger partial charge < -0.3 is 5.32 Å². The van der Waals surface area contributed by atoms with E-state index in [9.17, 15) is 13.2 Å². The molecule has 2 aromatic carbocycles. The second-order valence-electron chi connectivity index (χ2n) is 6.43. The number of nitrogens with zero attached hydrogens (tertiary/aromatic N) is 1. The fourth-order valence-corrected chi connectivity index (χ4v) is 4.85. The van der Waals surface area contributed by atoms with Crippen molar-refractivity contribution in [2.24, 2.45) is 0 Å². The summed E-state index contributed by atoms with van der Waals surface area (Å²) >= 11 is 0. The average Bonchev–Trinajstić information content (AvgIpc) is 2.65. The SMILES string of the molecule is CC[C@H](C(=O)Nc1ccc(C)c(S(=O)(=O)N(CC)CC)c1)c1ccccc1.